The summed E-state index contributed by atoms with van der Waals surface area (Å²) in [5.41, 5.74) is 1.47. The van der Waals surface area contributed by atoms with Gasteiger partial charge in [0, 0.05) is 25.7 Å². The molecule has 0 aliphatic carbocycles. The second-order valence-corrected chi connectivity index (χ2v) is 8.94. The third-order valence-electron chi connectivity index (χ3n) is 5.26. The highest BCUT2D eigenvalue weighted by atomic mass is 35.5. The van der Waals surface area contributed by atoms with E-state index < -0.39 is 0 Å². The first-order chi connectivity index (χ1) is 14.1. The summed E-state index contributed by atoms with van der Waals surface area (Å²) in [5.74, 6) is 0.985. The highest BCUT2D eigenvalue weighted by Gasteiger charge is 2.29. The van der Waals surface area contributed by atoms with Crippen molar-refractivity contribution >= 4 is 57.3 Å². The van der Waals surface area contributed by atoms with Crippen molar-refractivity contribution in [3.63, 3.8) is 0 Å². The third kappa shape index (κ3) is 4.34. The van der Waals surface area contributed by atoms with Crippen molar-refractivity contribution in [3.8, 4) is 0 Å². The molecule has 0 unspecified atom stereocenters. The van der Waals surface area contributed by atoms with Crippen LogP contribution in [-0.4, -0.2) is 46.5 Å². The van der Waals surface area contributed by atoms with Crippen LogP contribution in [-0.2, 0) is 0 Å². The van der Waals surface area contributed by atoms with Crippen LogP contribution < -0.4 is 4.90 Å². The van der Waals surface area contributed by atoms with Gasteiger partial charge in [-0.25, -0.2) is 4.98 Å². The minimum absolute atomic E-state index is 0.150. The Morgan fingerprint density at radius 2 is 1.97 bits per heavy atom. The van der Waals surface area contributed by atoms with Crippen molar-refractivity contribution in [2.45, 2.75) is 32.2 Å². The predicted octanol–water partition coefficient (Wildman–Crippen LogP) is 5.52. The van der Waals surface area contributed by atoms with E-state index in [1.165, 1.54) is 11.3 Å². The molecule has 0 radical (unpaired) electrons. The molecule has 1 aliphatic heterocycles. The van der Waals surface area contributed by atoms with E-state index in [0.29, 0.717) is 10.0 Å². The van der Waals surface area contributed by atoms with E-state index in [0.717, 1.165) is 60.6 Å². The molecule has 152 valence electrons. The van der Waals surface area contributed by atoms with Gasteiger partial charge in [-0.15, -0.1) is 11.3 Å². The van der Waals surface area contributed by atoms with Gasteiger partial charge in [-0.2, -0.15) is 0 Å². The normalized spacial score (nSPS) is 15.1. The summed E-state index contributed by atoms with van der Waals surface area (Å²) in [7, 11) is 0. The maximum absolute atomic E-state index is 12.9. The van der Waals surface area contributed by atoms with Crippen LogP contribution in [0.1, 0.15) is 35.9 Å². The summed E-state index contributed by atoms with van der Waals surface area (Å²) in [6, 6.07) is 7.59. The van der Waals surface area contributed by atoms with E-state index in [1.807, 2.05) is 17.5 Å². The predicted molar refractivity (Wildman–Crippen MR) is 120 cm³/mol. The molecule has 0 bridgehead atoms. The standard InChI is InChI=1S/C21H22Cl2N4OS/c1-2-7-27(21(28)19-4-3-10-29-19)14-5-8-26(9-6-14)20-13-24-17-11-15(22)16(23)12-18(17)25-20/h3-4,10-14H,2,5-9H2,1H3. The number of aromatic nitrogens is 2. The van der Waals surface area contributed by atoms with E-state index in [4.69, 9.17) is 28.2 Å². The van der Waals surface area contributed by atoms with Gasteiger partial charge < -0.3 is 9.80 Å². The Kier molecular flexibility index (Phi) is 6.23. The number of piperidine rings is 1. The van der Waals surface area contributed by atoms with Crippen LogP contribution in [0.25, 0.3) is 11.0 Å². The molecule has 5 nitrogen and oxygen atoms in total. The minimum atomic E-state index is 0.150. The maximum Gasteiger partial charge on any atom is 0.264 e. The summed E-state index contributed by atoms with van der Waals surface area (Å²) in [5, 5.41) is 2.91. The Hall–Kier alpha value is -1.89. The lowest BCUT2D eigenvalue weighted by atomic mass is 10.0. The smallest absolute Gasteiger partial charge is 0.264 e. The number of amides is 1. The summed E-state index contributed by atoms with van der Waals surface area (Å²) in [6.07, 6.45) is 4.57. The molecule has 0 spiro atoms. The zero-order valence-corrected chi connectivity index (χ0v) is 18.5. The van der Waals surface area contributed by atoms with Gasteiger partial charge in [-0.3, -0.25) is 9.78 Å². The van der Waals surface area contributed by atoms with Crippen molar-refractivity contribution in [2.24, 2.45) is 0 Å². The summed E-state index contributed by atoms with van der Waals surface area (Å²) in [6.45, 7) is 4.58. The zero-order chi connectivity index (χ0) is 20.4. The molecular formula is C21H22Cl2N4OS. The van der Waals surface area contributed by atoms with E-state index in [2.05, 4.69) is 21.7 Å². The van der Waals surface area contributed by atoms with E-state index in [-0.39, 0.29) is 11.9 Å². The van der Waals surface area contributed by atoms with Crippen LogP contribution in [0.5, 0.6) is 0 Å². The number of fused-ring (bicyclic) bond motifs is 1. The van der Waals surface area contributed by atoms with Gasteiger partial charge in [0.1, 0.15) is 5.82 Å². The van der Waals surface area contributed by atoms with Gasteiger partial charge >= 0.3 is 0 Å². The monoisotopic (exact) mass is 448 g/mol. The summed E-state index contributed by atoms with van der Waals surface area (Å²) in [4.78, 5) is 27.2. The largest absolute Gasteiger partial charge is 0.355 e. The SMILES string of the molecule is CCCN(C(=O)c1cccs1)C1CCN(c2cnc3cc(Cl)c(Cl)cc3n2)CC1. The van der Waals surface area contributed by atoms with E-state index >= 15 is 0 Å². The fourth-order valence-corrected chi connectivity index (χ4v) is 4.78. The third-order valence-corrected chi connectivity index (χ3v) is 6.84. The number of benzene rings is 1. The van der Waals surface area contributed by atoms with Crippen molar-refractivity contribution < 1.29 is 4.79 Å². The molecule has 3 heterocycles. The highest BCUT2D eigenvalue weighted by molar-refractivity contribution is 7.12. The van der Waals surface area contributed by atoms with E-state index in [9.17, 15) is 4.79 Å². The Labute approximate surface area is 184 Å². The quantitative estimate of drug-likeness (QED) is 0.515. The lowest BCUT2D eigenvalue weighted by molar-refractivity contribution is 0.0655. The number of hydrogen-bond acceptors (Lipinski definition) is 5. The molecule has 1 aromatic carbocycles. The number of anilines is 1. The number of thiophene rings is 1. The second kappa shape index (κ2) is 8.86. The Bertz CT molecular complexity index is 1000. The van der Waals surface area contributed by atoms with Crippen molar-refractivity contribution in [3.05, 3.63) is 50.8 Å². The molecule has 29 heavy (non-hydrogen) atoms. The van der Waals surface area contributed by atoms with Gasteiger partial charge in [0.05, 0.1) is 32.2 Å². The molecule has 0 atom stereocenters. The molecule has 1 fully saturated rings. The topological polar surface area (TPSA) is 49.3 Å². The fraction of sp³-hybridized carbons (Fsp3) is 0.381. The molecule has 4 rings (SSSR count). The molecule has 3 aromatic rings. The first kappa shape index (κ1) is 20.4. The van der Waals surface area contributed by atoms with Crippen LogP contribution in [0.15, 0.2) is 35.8 Å². The summed E-state index contributed by atoms with van der Waals surface area (Å²) < 4.78 is 0. The average molecular weight is 449 g/mol. The minimum Gasteiger partial charge on any atom is -0.355 e. The molecule has 1 amide bonds. The molecule has 1 aliphatic rings. The van der Waals surface area contributed by atoms with Gasteiger partial charge in [0.15, 0.2) is 0 Å². The number of hydrogen-bond donors (Lipinski definition) is 0. The molecular weight excluding hydrogens is 427 g/mol. The number of halogens is 2. The zero-order valence-electron chi connectivity index (χ0n) is 16.1. The maximum atomic E-state index is 12.9. The summed E-state index contributed by atoms with van der Waals surface area (Å²) >= 11 is 13.7. The Morgan fingerprint density at radius 3 is 2.62 bits per heavy atom. The van der Waals surface area contributed by atoms with Crippen molar-refractivity contribution in [1.82, 2.24) is 14.9 Å². The average Bonchev–Trinajstić information content (AvgIpc) is 3.27. The number of carbonyl (C=O) groups excluding carboxylic acids is 1. The van der Waals surface area contributed by atoms with E-state index in [1.54, 1.807) is 18.3 Å². The van der Waals surface area contributed by atoms with Crippen LogP contribution in [0.2, 0.25) is 10.0 Å². The van der Waals surface area contributed by atoms with Crippen molar-refractivity contribution in [1.29, 1.82) is 0 Å². The lowest BCUT2D eigenvalue weighted by Crippen LogP contribution is -2.47. The lowest BCUT2D eigenvalue weighted by Gasteiger charge is -2.38. The van der Waals surface area contributed by atoms with Gasteiger partial charge in [-0.1, -0.05) is 36.2 Å². The van der Waals surface area contributed by atoms with Crippen LogP contribution in [0.3, 0.4) is 0 Å². The van der Waals surface area contributed by atoms with Crippen LogP contribution >= 0.6 is 34.5 Å². The molecule has 0 N–H and O–H groups in total. The first-order valence-corrected chi connectivity index (χ1v) is 11.4. The number of rotatable bonds is 5. The molecule has 8 heteroatoms. The Balaban J connectivity index is 1.47. The van der Waals surface area contributed by atoms with Crippen LogP contribution in [0, 0.1) is 0 Å². The van der Waals surface area contributed by atoms with Gasteiger partial charge in [0.25, 0.3) is 5.91 Å². The number of nitrogens with zero attached hydrogens (tertiary/aromatic N) is 4. The highest BCUT2D eigenvalue weighted by Crippen LogP contribution is 2.28. The molecule has 0 saturated carbocycles. The Morgan fingerprint density at radius 1 is 1.24 bits per heavy atom. The van der Waals surface area contributed by atoms with Gasteiger partial charge in [0.2, 0.25) is 0 Å². The fourth-order valence-electron chi connectivity index (χ4n) is 3.79. The van der Waals surface area contributed by atoms with Gasteiger partial charge in [-0.05, 0) is 42.8 Å². The second-order valence-electron chi connectivity index (χ2n) is 7.18. The van der Waals surface area contributed by atoms with Crippen LogP contribution in [0.4, 0.5) is 5.82 Å². The first-order valence-electron chi connectivity index (χ1n) is 9.78. The number of carbonyl (C=O) groups is 1. The molecule has 1 saturated heterocycles. The van der Waals surface area contributed by atoms with Crippen molar-refractivity contribution in [2.75, 3.05) is 24.5 Å². The molecule has 2 aromatic heterocycles.